The standard InChI is InChI=1S/C11H9Cl2N3O2/c12-9-2-1-3-10(13)8(9)6-16-7(4-11(17)18)5-14-15-16/h1-3,5H,4,6H2,(H,17,18). The molecule has 0 amide bonds. The number of carbonyl (C=O) groups is 1. The van der Waals surface area contributed by atoms with E-state index in [0.29, 0.717) is 27.8 Å². The molecular weight excluding hydrogens is 277 g/mol. The minimum atomic E-state index is -0.941. The number of carboxylic acid groups (broad SMARTS) is 1. The van der Waals surface area contributed by atoms with Gasteiger partial charge in [0.15, 0.2) is 0 Å². The lowest BCUT2D eigenvalue weighted by Crippen LogP contribution is -2.11. The second-order valence-corrected chi connectivity index (χ2v) is 4.47. The Morgan fingerprint density at radius 1 is 1.33 bits per heavy atom. The van der Waals surface area contributed by atoms with Gasteiger partial charge < -0.3 is 5.11 Å². The predicted octanol–water partition coefficient (Wildman–Crippen LogP) is 2.26. The third-order valence-corrected chi connectivity index (χ3v) is 3.11. The summed E-state index contributed by atoms with van der Waals surface area (Å²) in [5, 5.41) is 17.3. The summed E-state index contributed by atoms with van der Waals surface area (Å²) in [4.78, 5) is 10.7. The summed E-state index contributed by atoms with van der Waals surface area (Å²) in [6, 6.07) is 5.18. The molecule has 1 aromatic carbocycles. The molecule has 0 bridgehead atoms. The number of benzene rings is 1. The maximum Gasteiger partial charge on any atom is 0.309 e. The van der Waals surface area contributed by atoms with Crippen LogP contribution in [0.3, 0.4) is 0 Å². The highest BCUT2D eigenvalue weighted by molar-refractivity contribution is 6.35. The number of hydrogen-bond acceptors (Lipinski definition) is 3. The van der Waals surface area contributed by atoms with Crippen molar-refractivity contribution in [3.8, 4) is 0 Å². The average Bonchev–Trinajstić information content (AvgIpc) is 2.70. The van der Waals surface area contributed by atoms with Gasteiger partial charge in [-0.2, -0.15) is 0 Å². The summed E-state index contributed by atoms with van der Waals surface area (Å²) in [5.41, 5.74) is 1.19. The van der Waals surface area contributed by atoms with Gasteiger partial charge >= 0.3 is 5.97 Å². The van der Waals surface area contributed by atoms with Crippen LogP contribution < -0.4 is 0 Å². The van der Waals surface area contributed by atoms with Crippen molar-refractivity contribution < 1.29 is 9.90 Å². The van der Waals surface area contributed by atoms with E-state index in [-0.39, 0.29) is 6.42 Å². The number of aliphatic carboxylic acids is 1. The summed E-state index contributed by atoms with van der Waals surface area (Å²) in [6.07, 6.45) is 1.27. The molecule has 0 atom stereocenters. The van der Waals surface area contributed by atoms with Gasteiger partial charge in [-0.05, 0) is 12.1 Å². The first-order valence-corrected chi connectivity index (χ1v) is 5.85. The maximum absolute atomic E-state index is 10.7. The number of halogens is 2. The zero-order chi connectivity index (χ0) is 13.1. The fourth-order valence-corrected chi connectivity index (χ4v) is 2.05. The number of aromatic nitrogens is 3. The van der Waals surface area contributed by atoms with Gasteiger partial charge in [0.05, 0.1) is 24.9 Å². The molecule has 1 N–H and O–H groups in total. The Bertz CT molecular complexity index is 563. The van der Waals surface area contributed by atoms with Crippen LogP contribution in [-0.2, 0) is 17.8 Å². The molecule has 0 saturated heterocycles. The van der Waals surface area contributed by atoms with Crippen molar-refractivity contribution in [1.82, 2.24) is 15.0 Å². The van der Waals surface area contributed by atoms with Crippen molar-refractivity contribution >= 4 is 29.2 Å². The summed E-state index contributed by atoms with van der Waals surface area (Å²) >= 11 is 12.1. The Labute approximate surface area is 113 Å². The third kappa shape index (κ3) is 2.80. The highest BCUT2D eigenvalue weighted by atomic mass is 35.5. The van der Waals surface area contributed by atoms with Crippen LogP contribution >= 0.6 is 23.2 Å². The molecule has 18 heavy (non-hydrogen) atoms. The Kier molecular flexibility index (Phi) is 3.84. The van der Waals surface area contributed by atoms with Crippen LogP contribution in [0.2, 0.25) is 10.0 Å². The van der Waals surface area contributed by atoms with E-state index >= 15 is 0 Å². The lowest BCUT2D eigenvalue weighted by atomic mass is 10.2. The number of nitrogens with zero attached hydrogens (tertiary/aromatic N) is 3. The van der Waals surface area contributed by atoms with Crippen molar-refractivity contribution in [1.29, 1.82) is 0 Å². The highest BCUT2D eigenvalue weighted by Gasteiger charge is 2.12. The predicted molar refractivity (Wildman–Crippen MR) is 66.9 cm³/mol. The number of rotatable bonds is 4. The van der Waals surface area contributed by atoms with Crippen LogP contribution in [0, 0.1) is 0 Å². The number of carboxylic acids is 1. The van der Waals surface area contributed by atoms with E-state index in [1.807, 2.05) is 0 Å². The van der Waals surface area contributed by atoms with Gasteiger partial charge in [-0.3, -0.25) is 4.79 Å². The summed E-state index contributed by atoms with van der Waals surface area (Å²) < 4.78 is 1.47. The molecule has 2 rings (SSSR count). The quantitative estimate of drug-likeness (QED) is 0.936. The lowest BCUT2D eigenvalue weighted by Gasteiger charge is -2.08. The Balaban J connectivity index is 2.29. The molecule has 94 valence electrons. The van der Waals surface area contributed by atoms with Crippen LogP contribution in [0.4, 0.5) is 0 Å². The summed E-state index contributed by atoms with van der Waals surface area (Å²) in [5.74, 6) is -0.941. The van der Waals surface area contributed by atoms with Crippen LogP contribution in [0.1, 0.15) is 11.3 Å². The molecular formula is C11H9Cl2N3O2. The molecule has 0 unspecified atom stereocenters. The fourth-order valence-electron chi connectivity index (χ4n) is 1.54. The Hall–Kier alpha value is -1.59. The van der Waals surface area contributed by atoms with Gasteiger partial charge in [0.25, 0.3) is 0 Å². The van der Waals surface area contributed by atoms with Gasteiger partial charge in [-0.25, -0.2) is 4.68 Å². The molecule has 0 aliphatic carbocycles. The Morgan fingerprint density at radius 2 is 2.00 bits per heavy atom. The fraction of sp³-hybridized carbons (Fsp3) is 0.182. The molecule has 0 aliphatic rings. The first kappa shape index (κ1) is 12.9. The zero-order valence-corrected chi connectivity index (χ0v) is 10.7. The SMILES string of the molecule is O=C(O)Cc1cnnn1Cc1c(Cl)cccc1Cl. The van der Waals surface area contributed by atoms with E-state index in [1.54, 1.807) is 18.2 Å². The number of hydrogen-bond donors (Lipinski definition) is 1. The molecule has 0 radical (unpaired) electrons. The monoisotopic (exact) mass is 285 g/mol. The summed E-state index contributed by atoms with van der Waals surface area (Å²) in [7, 11) is 0. The topological polar surface area (TPSA) is 68.0 Å². The van der Waals surface area contributed by atoms with Gasteiger partial charge in [0.2, 0.25) is 0 Å². The van der Waals surface area contributed by atoms with Gasteiger partial charge in [0.1, 0.15) is 0 Å². The first-order chi connectivity index (χ1) is 8.58. The smallest absolute Gasteiger partial charge is 0.309 e. The second-order valence-electron chi connectivity index (χ2n) is 3.65. The van der Waals surface area contributed by atoms with E-state index in [0.717, 1.165) is 0 Å². The van der Waals surface area contributed by atoms with Crippen LogP contribution in [-0.4, -0.2) is 26.1 Å². The maximum atomic E-state index is 10.7. The molecule has 7 heteroatoms. The van der Waals surface area contributed by atoms with Gasteiger partial charge in [-0.1, -0.05) is 34.5 Å². The van der Waals surface area contributed by atoms with E-state index in [9.17, 15) is 4.79 Å². The van der Waals surface area contributed by atoms with Crippen molar-refractivity contribution in [3.63, 3.8) is 0 Å². The highest BCUT2D eigenvalue weighted by Crippen LogP contribution is 2.25. The minimum absolute atomic E-state index is 0.144. The van der Waals surface area contributed by atoms with E-state index in [1.165, 1.54) is 10.9 Å². The van der Waals surface area contributed by atoms with Crippen molar-refractivity contribution in [2.75, 3.05) is 0 Å². The molecule has 0 aliphatic heterocycles. The van der Waals surface area contributed by atoms with E-state index in [2.05, 4.69) is 10.3 Å². The molecule has 1 aromatic heterocycles. The Morgan fingerprint density at radius 3 is 2.61 bits per heavy atom. The van der Waals surface area contributed by atoms with Crippen LogP contribution in [0.15, 0.2) is 24.4 Å². The van der Waals surface area contributed by atoms with Crippen molar-refractivity contribution in [2.45, 2.75) is 13.0 Å². The molecule has 1 heterocycles. The zero-order valence-electron chi connectivity index (χ0n) is 9.18. The second kappa shape index (κ2) is 5.37. The van der Waals surface area contributed by atoms with Gasteiger partial charge in [0, 0.05) is 15.6 Å². The molecule has 2 aromatic rings. The molecule has 0 fully saturated rings. The van der Waals surface area contributed by atoms with E-state index in [4.69, 9.17) is 28.3 Å². The lowest BCUT2D eigenvalue weighted by molar-refractivity contribution is -0.136. The molecule has 0 saturated carbocycles. The average molecular weight is 286 g/mol. The first-order valence-electron chi connectivity index (χ1n) is 5.10. The van der Waals surface area contributed by atoms with E-state index < -0.39 is 5.97 Å². The van der Waals surface area contributed by atoms with Crippen molar-refractivity contribution in [2.24, 2.45) is 0 Å². The van der Waals surface area contributed by atoms with Crippen LogP contribution in [0.25, 0.3) is 0 Å². The summed E-state index contributed by atoms with van der Waals surface area (Å²) in [6.45, 7) is 0.293. The minimum Gasteiger partial charge on any atom is -0.481 e. The normalized spacial score (nSPS) is 10.6. The molecule has 0 spiro atoms. The van der Waals surface area contributed by atoms with Gasteiger partial charge in [-0.15, -0.1) is 5.10 Å². The van der Waals surface area contributed by atoms with Crippen LogP contribution in [0.5, 0.6) is 0 Å². The van der Waals surface area contributed by atoms with Crippen molar-refractivity contribution in [3.05, 3.63) is 45.7 Å². The third-order valence-electron chi connectivity index (χ3n) is 2.40. The molecule has 5 nitrogen and oxygen atoms in total. The largest absolute Gasteiger partial charge is 0.481 e.